The lowest BCUT2D eigenvalue weighted by molar-refractivity contribution is 0.0953. The second kappa shape index (κ2) is 6.76. The van der Waals surface area contributed by atoms with Gasteiger partial charge >= 0.3 is 0 Å². The Morgan fingerprint density at radius 3 is 2.67 bits per heavy atom. The molecule has 0 radical (unpaired) electrons. The molecule has 2 rings (SSSR count). The molecule has 7 heteroatoms. The zero-order valence-corrected chi connectivity index (χ0v) is 12.2. The number of carbonyl (C=O) groups is 1. The van der Waals surface area contributed by atoms with Crippen LogP contribution in [-0.4, -0.2) is 5.91 Å². The summed E-state index contributed by atoms with van der Waals surface area (Å²) in [5, 5.41) is 0.791. The van der Waals surface area contributed by atoms with Crippen molar-refractivity contribution >= 4 is 29.1 Å². The Kier molecular flexibility index (Phi) is 5.01. The molecular weight excluding hydrogens is 318 g/mol. The molecule has 2 aromatic rings. The van der Waals surface area contributed by atoms with Gasteiger partial charge in [-0.3, -0.25) is 10.2 Å². The highest BCUT2D eigenvalue weighted by atomic mass is 35.5. The molecule has 0 unspecified atom stereocenters. The first-order chi connectivity index (χ1) is 10.0. The highest BCUT2D eigenvalue weighted by Crippen LogP contribution is 2.28. The molecule has 21 heavy (non-hydrogen) atoms. The van der Waals surface area contributed by atoms with Crippen LogP contribution in [0.4, 0.5) is 4.39 Å². The molecule has 110 valence electrons. The predicted molar refractivity (Wildman–Crippen MR) is 78.8 cm³/mol. The van der Waals surface area contributed by atoms with Gasteiger partial charge in [0.05, 0.1) is 5.02 Å². The van der Waals surface area contributed by atoms with Crippen molar-refractivity contribution < 1.29 is 13.9 Å². The minimum Gasteiger partial charge on any atom is -0.487 e. The van der Waals surface area contributed by atoms with Gasteiger partial charge in [-0.25, -0.2) is 10.2 Å². The number of rotatable bonds is 4. The molecule has 0 aliphatic rings. The van der Waals surface area contributed by atoms with Crippen molar-refractivity contribution in [3.63, 3.8) is 0 Å². The Balaban J connectivity index is 2.17. The summed E-state index contributed by atoms with van der Waals surface area (Å²) in [5.74, 6) is 4.40. The van der Waals surface area contributed by atoms with Crippen molar-refractivity contribution in [2.75, 3.05) is 0 Å². The number of halogens is 3. The normalized spacial score (nSPS) is 10.3. The Morgan fingerprint density at radius 2 is 2.00 bits per heavy atom. The van der Waals surface area contributed by atoms with Crippen molar-refractivity contribution in [3.8, 4) is 5.75 Å². The van der Waals surface area contributed by atoms with Gasteiger partial charge < -0.3 is 4.74 Å². The van der Waals surface area contributed by atoms with Crippen LogP contribution in [0.3, 0.4) is 0 Å². The van der Waals surface area contributed by atoms with Crippen molar-refractivity contribution in [2.45, 2.75) is 6.61 Å². The summed E-state index contributed by atoms with van der Waals surface area (Å²) < 4.78 is 19.1. The zero-order chi connectivity index (χ0) is 15.4. The van der Waals surface area contributed by atoms with Crippen LogP contribution >= 0.6 is 23.2 Å². The number of carbonyl (C=O) groups excluding carboxylic acids is 1. The number of hydrazine groups is 1. The number of nitrogen functional groups attached to an aromatic ring is 1. The van der Waals surface area contributed by atoms with Crippen LogP contribution in [0, 0.1) is 5.82 Å². The van der Waals surface area contributed by atoms with Gasteiger partial charge in [-0.1, -0.05) is 23.2 Å². The van der Waals surface area contributed by atoms with E-state index >= 15 is 0 Å². The van der Waals surface area contributed by atoms with E-state index in [0.717, 1.165) is 0 Å². The van der Waals surface area contributed by atoms with Gasteiger partial charge in [0.1, 0.15) is 18.2 Å². The lowest BCUT2D eigenvalue weighted by Gasteiger charge is -2.10. The Hall–Kier alpha value is -1.82. The molecule has 0 aromatic heterocycles. The van der Waals surface area contributed by atoms with E-state index in [1.165, 1.54) is 24.3 Å². The second-order valence-electron chi connectivity index (χ2n) is 4.14. The number of ether oxygens (including phenoxy) is 1. The molecule has 0 fully saturated rings. The Labute approximate surface area is 130 Å². The van der Waals surface area contributed by atoms with Gasteiger partial charge in [0.2, 0.25) is 0 Å². The third-order valence-corrected chi connectivity index (χ3v) is 3.25. The number of amides is 1. The molecule has 0 aliphatic carbocycles. The van der Waals surface area contributed by atoms with Gasteiger partial charge in [0, 0.05) is 16.1 Å². The summed E-state index contributed by atoms with van der Waals surface area (Å²) in [6.07, 6.45) is 0. The molecule has 0 bridgehead atoms. The fraction of sp³-hybridized carbons (Fsp3) is 0.0714. The van der Waals surface area contributed by atoms with Gasteiger partial charge in [0.25, 0.3) is 5.91 Å². The monoisotopic (exact) mass is 328 g/mol. The van der Waals surface area contributed by atoms with Crippen molar-refractivity contribution in [1.82, 2.24) is 5.43 Å². The van der Waals surface area contributed by atoms with E-state index in [9.17, 15) is 9.18 Å². The maximum Gasteiger partial charge on any atom is 0.265 e. The number of hydrogen-bond donors (Lipinski definition) is 2. The minimum atomic E-state index is -0.513. The molecule has 0 aliphatic heterocycles. The summed E-state index contributed by atoms with van der Waals surface area (Å²) in [6.45, 7) is -0.0844. The smallest absolute Gasteiger partial charge is 0.265 e. The van der Waals surface area contributed by atoms with E-state index < -0.39 is 11.7 Å². The molecule has 1 amide bonds. The van der Waals surface area contributed by atoms with Crippen LogP contribution in [-0.2, 0) is 6.61 Å². The number of nitrogens with two attached hydrogens (primary N) is 1. The van der Waals surface area contributed by atoms with Crippen LogP contribution in [0.5, 0.6) is 5.75 Å². The quantitative estimate of drug-likeness (QED) is 0.514. The van der Waals surface area contributed by atoms with Gasteiger partial charge in [0.15, 0.2) is 0 Å². The Morgan fingerprint density at radius 1 is 1.24 bits per heavy atom. The topological polar surface area (TPSA) is 64.3 Å². The largest absolute Gasteiger partial charge is 0.487 e. The zero-order valence-electron chi connectivity index (χ0n) is 10.7. The van der Waals surface area contributed by atoms with Crippen LogP contribution in [0.2, 0.25) is 10.0 Å². The molecule has 3 N–H and O–H groups in total. The molecule has 0 atom stereocenters. The van der Waals surface area contributed by atoms with E-state index in [2.05, 4.69) is 0 Å². The fourth-order valence-corrected chi connectivity index (χ4v) is 2.12. The average Bonchev–Trinajstić information content (AvgIpc) is 2.47. The van der Waals surface area contributed by atoms with Gasteiger partial charge in [-0.15, -0.1) is 0 Å². The predicted octanol–water partition coefficient (Wildman–Crippen LogP) is 3.32. The van der Waals surface area contributed by atoms with Gasteiger partial charge in [-0.05, 0) is 36.4 Å². The molecule has 0 saturated carbocycles. The molecule has 2 aromatic carbocycles. The summed E-state index contributed by atoms with van der Waals surface area (Å²) >= 11 is 11.7. The molecule has 0 heterocycles. The van der Waals surface area contributed by atoms with Crippen molar-refractivity contribution in [3.05, 3.63) is 63.4 Å². The number of benzene rings is 2. The average molecular weight is 329 g/mol. The van der Waals surface area contributed by atoms with E-state index in [1.807, 2.05) is 5.43 Å². The first kappa shape index (κ1) is 15.6. The summed E-state index contributed by atoms with van der Waals surface area (Å²) in [6, 6.07) is 8.58. The van der Waals surface area contributed by atoms with Crippen LogP contribution < -0.4 is 16.0 Å². The standard InChI is InChI=1S/C14H11Cl2FN2O2/c15-10-2-4-13(11(16)6-10)21-7-9-5-8(14(20)19-18)1-3-12(9)17/h1-6H,7,18H2,(H,19,20). The highest BCUT2D eigenvalue weighted by molar-refractivity contribution is 6.35. The van der Waals surface area contributed by atoms with Crippen LogP contribution in [0.15, 0.2) is 36.4 Å². The Bertz CT molecular complexity index is 680. The lowest BCUT2D eigenvalue weighted by Crippen LogP contribution is -2.30. The minimum absolute atomic E-state index is 0.0844. The summed E-state index contributed by atoms with van der Waals surface area (Å²) in [5.41, 5.74) is 2.43. The molecule has 4 nitrogen and oxygen atoms in total. The summed E-state index contributed by atoms with van der Waals surface area (Å²) in [7, 11) is 0. The first-order valence-corrected chi connectivity index (χ1v) is 6.64. The van der Waals surface area contributed by atoms with Crippen molar-refractivity contribution in [1.29, 1.82) is 0 Å². The van der Waals surface area contributed by atoms with E-state index in [0.29, 0.717) is 15.8 Å². The lowest BCUT2D eigenvalue weighted by atomic mass is 10.1. The number of hydrogen-bond acceptors (Lipinski definition) is 3. The third kappa shape index (κ3) is 3.85. The van der Waals surface area contributed by atoms with Crippen molar-refractivity contribution in [2.24, 2.45) is 5.84 Å². The molecule has 0 saturated heterocycles. The van der Waals surface area contributed by atoms with E-state index in [1.54, 1.807) is 12.1 Å². The van der Waals surface area contributed by atoms with E-state index in [4.69, 9.17) is 33.8 Å². The van der Waals surface area contributed by atoms with Crippen LogP contribution in [0.1, 0.15) is 15.9 Å². The second-order valence-corrected chi connectivity index (χ2v) is 4.99. The third-order valence-electron chi connectivity index (χ3n) is 2.72. The maximum absolute atomic E-state index is 13.7. The van der Waals surface area contributed by atoms with Gasteiger partial charge in [-0.2, -0.15) is 0 Å². The highest BCUT2D eigenvalue weighted by Gasteiger charge is 2.10. The maximum atomic E-state index is 13.7. The van der Waals surface area contributed by atoms with Crippen LogP contribution in [0.25, 0.3) is 0 Å². The fourth-order valence-electron chi connectivity index (χ4n) is 1.66. The molecule has 0 spiro atoms. The first-order valence-electron chi connectivity index (χ1n) is 5.88. The molecular formula is C14H11Cl2FN2O2. The number of nitrogens with one attached hydrogen (secondary N) is 1. The summed E-state index contributed by atoms with van der Waals surface area (Å²) in [4.78, 5) is 11.4. The SMILES string of the molecule is NNC(=O)c1ccc(F)c(COc2ccc(Cl)cc2Cl)c1. The van der Waals surface area contributed by atoms with E-state index in [-0.39, 0.29) is 17.7 Å².